The van der Waals surface area contributed by atoms with Crippen LogP contribution in [0.2, 0.25) is 18.1 Å². The van der Waals surface area contributed by atoms with Crippen LogP contribution in [-0.4, -0.2) is 27.0 Å². The number of hydrogen-bond donors (Lipinski definition) is 0. The maximum absolute atomic E-state index is 11.4. The van der Waals surface area contributed by atoms with E-state index in [1.165, 1.54) is 34.8 Å². The Morgan fingerprint density at radius 2 is 1.85 bits per heavy atom. The maximum Gasteiger partial charge on any atom is 0.302 e. The summed E-state index contributed by atoms with van der Waals surface area (Å²) in [6, 6.07) is 0. The van der Waals surface area contributed by atoms with Gasteiger partial charge in [-0.1, -0.05) is 70.6 Å². The third-order valence-corrected chi connectivity index (χ3v) is 12.3. The van der Waals surface area contributed by atoms with Crippen molar-refractivity contribution >= 4 is 14.3 Å². The highest BCUT2D eigenvalue weighted by atomic mass is 28.4. The molecule has 0 fully saturated rings. The van der Waals surface area contributed by atoms with Crippen molar-refractivity contribution in [3.05, 3.63) is 58.2 Å². The van der Waals surface area contributed by atoms with Crippen LogP contribution in [0.25, 0.3) is 0 Å². The van der Waals surface area contributed by atoms with E-state index in [9.17, 15) is 4.79 Å². The Morgan fingerprint density at radius 3 is 2.44 bits per heavy atom. The van der Waals surface area contributed by atoms with Gasteiger partial charge in [-0.05, 0) is 85.4 Å². The van der Waals surface area contributed by atoms with Gasteiger partial charge in [0.15, 0.2) is 8.32 Å². The van der Waals surface area contributed by atoms with E-state index in [-0.39, 0.29) is 22.5 Å². The lowest BCUT2D eigenvalue weighted by molar-refractivity contribution is -0.147. The van der Waals surface area contributed by atoms with Gasteiger partial charge in [0.2, 0.25) is 0 Å². The van der Waals surface area contributed by atoms with Crippen molar-refractivity contribution in [2.24, 2.45) is 5.41 Å². The molecule has 3 nitrogen and oxygen atoms in total. The predicted octanol–water partition coefficient (Wildman–Crippen LogP) is 8.62. The molecule has 0 heterocycles. The molecule has 0 aromatic carbocycles. The summed E-state index contributed by atoms with van der Waals surface area (Å²) in [6.07, 6.45) is 16.5. The molecule has 2 rings (SSSR count). The molecule has 0 amide bonds. The van der Waals surface area contributed by atoms with Crippen molar-refractivity contribution in [1.29, 1.82) is 0 Å². The normalized spacial score (nSPS) is 24.5. The Labute approximate surface area is 210 Å². The lowest BCUT2D eigenvalue weighted by Crippen LogP contribution is -2.40. The van der Waals surface area contributed by atoms with E-state index in [0.29, 0.717) is 6.61 Å². The zero-order valence-electron chi connectivity index (χ0n) is 23.4. The van der Waals surface area contributed by atoms with Crippen LogP contribution in [0.15, 0.2) is 58.2 Å². The number of esters is 1. The topological polar surface area (TPSA) is 35.5 Å². The van der Waals surface area contributed by atoms with Gasteiger partial charge >= 0.3 is 5.97 Å². The zero-order valence-corrected chi connectivity index (χ0v) is 24.4. The van der Waals surface area contributed by atoms with Gasteiger partial charge < -0.3 is 9.16 Å². The fourth-order valence-corrected chi connectivity index (χ4v) is 5.64. The third-order valence-electron chi connectivity index (χ3n) is 7.81. The molecule has 0 N–H and O–H groups in total. The quantitative estimate of drug-likeness (QED) is 0.279. The van der Waals surface area contributed by atoms with E-state index in [0.717, 1.165) is 32.1 Å². The van der Waals surface area contributed by atoms with Crippen LogP contribution < -0.4 is 0 Å². The van der Waals surface area contributed by atoms with Gasteiger partial charge in [-0.15, -0.1) is 0 Å². The number of hydrogen-bond acceptors (Lipinski definition) is 3. The van der Waals surface area contributed by atoms with E-state index in [2.05, 4.69) is 91.9 Å². The van der Waals surface area contributed by atoms with Crippen molar-refractivity contribution in [2.45, 2.75) is 112 Å². The molecule has 1 atom stereocenters. The summed E-state index contributed by atoms with van der Waals surface area (Å²) in [5, 5.41) is 0.242. The highest BCUT2D eigenvalue weighted by molar-refractivity contribution is 6.74. The zero-order chi connectivity index (χ0) is 25.7. The summed E-state index contributed by atoms with van der Waals surface area (Å²) in [6.45, 7) is 22.6. The molecule has 0 saturated carbocycles. The molecule has 4 heteroatoms. The van der Waals surface area contributed by atoms with Gasteiger partial charge in [-0.3, -0.25) is 4.79 Å². The molecule has 0 bridgehead atoms. The van der Waals surface area contributed by atoms with Gasteiger partial charge in [0.05, 0.1) is 6.61 Å². The smallest absolute Gasteiger partial charge is 0.302 e. The second-order valence-electron chi connectivity index (χ2n) is 12.3. The van der Waals surface area contributed by atoms with Gasteiger partial charge in [0.1, 0.15) is 6.10 Å². The van der Waals surface area contributed by atoms with Gasteiger partial charge in [-0.2, -0.15) is 0 Å². The van der Waals surface area contributed by atoms with Crippen molar-refractivity contribution in [3.8, 4) is 0 Å². The second-order valence-corrected chi connectivity index (χ2v) is 17.1. The first kappa shape index (κ1) is 28.6. The third kappa shape index (κ3) is 7.95. The van der Waals surface area contributed by atoms with Crippen molar-refractivity contribution in [2.75, 3.05) is 6.61 Å². The highest BCUT2D eigenvalue weighted by Gasteiger charge is 2.37. The number of ether oxygens (including phenoxy) is 1. The monoisotopic (exact) mass is 484 g/mol. The first-order chi connectivity index (χ1) is 15.6. The van der Waals surface area contributed by atoms with Gasteiger partial charge in [-0.25, -0.2) is 0 Å². The molecule has 0 saturated heterocycles. The summed E-state index contributed by atoms with van der Waals surface area (Å²) < 4.78 is 11.9. The van der Waals surface area contributed by atoms with E-state index >= 15 is 0 Å². The molecule has 1 unspecified atom stereocenters. The van der Waals surface area contributed by atoms with E-state index in [1.54, 1.807) is 0 Å². The van der Waals surface area contributed by atoms with Crippen LogP contribution in [-0.2, 0) is 14.0 Å². The molecule has 2 aliphatic rings. The van der Waals surface area contributed by atoms with Crippen molar-refractivity contribution < 1.29 is 14.0 Å². The molecule has 0 aromatic rings. The lowest BCUT2D eigenvalue weighted by Gasteiger charge is -2.37. The van der Waals surface area contributed by atoms with Crippen LogP contribution >= 0.6 is 0 Å². The minimum absolute atomic E-state index is 0.0107. The Balaban J connectivity index is 2.11. The van der Waals surface area contributed by atoms with Crippen LogP contribution in [0.4, 0.5) is 0 Å². The Hall–Kier alpha value is -1.65. The lowest BCUT2D eigenvalue weighted by atomic mass is 9.71. The Bertz CT molecular complexity index is 904. The molecule has 190 valence electrons. The minimum Gasteiger partial charge on any atom is -0.462 e. The van der Waals surface area contributed by atoms with Crippen molar-refractivity contribution in [3.63, 3.8) is 0 Å². The Kier molecular flexibility index (Phi) is 9.57. The van der Waals surface area contributed by atoms with E-state index < -0.39 is 8.32 Å². The molecule has 2 aliphatic carbocycles. The molecule has 0 aliphatic heterocycles. The fourth-order valence-electron chi connectivity index (χ4n) is 4.71. The van der Waals surface area contributed by atoms with Gasteiger partial charge in [0.25, 0.3) is 0 Å². The molecule has 0 radical (unpaired) electrons. The molecule has 0 aromatic heterocycles. The highest BCUT2D eigenvalue weighted by Crippen LogP contribution is 2.42. The summed E-state index contributed by atoms with van der Waals surface area (Å²) in [5.74, 6) is -0.187. The largest absolute Gasteiger partial charge is 0.462 e. The summed E-state index contributed by atoms with van der Waals surface area (Å²) in [7, 11) is -1.71. The average Bonchev–Trinajstić information content (AvgIpc) is 2.90. The minimum atomic E-state index is -1.71. The summed E-state index contributed by atoms with van der Waals surface area (Å²) in [5.41, 5.74) is 6.80. The maximum atomic E-state index is 11.4. The van der Waals surface area contributed by atoms with E-state index in [4.69, 9.17) is 9.16 Å². The predicted molar refractivity (Wildman–Crippen MR) is 147 cm³/mol. The Morgan fingerprint density at radius 1 is 1.18 bits per heavy atom. The van der Waals surface area contributed by atoms with Crippen molar-refractivity contribution in [1.82, 2.24) is 0 Å². The van der Waals surface area contributed by atoms with Crippen LogP contribution in [0, 0.1) is 5.41 Å². The number of carbonyl (C=O) groups excluding carboxylic acids is 1. The summed E-state index contributed by atoms with van der Waals surface area (Å²) in [4.78, 5) is 11.4. The van der Waals surface area contributed by atoms with Crippen LogP contribution in [0.3, 0.4) is 0 Å². The van der Waals surface area contributed by atoms with Crippen LogP contribution in [0.1, 0.15) is 87.5 Å². The number of rotatable bonds is 6. The number of allylic oxidation sites excluding steroid dienone is 8. The van der Waals surface area contributed by atoms with Crippen LogP contribution in [0.5, 0.6) is 0 Å². The first-order valence-corrected chi connectivity index (χ1v) is 15.8. The molecule has 0 spiro atoms. The average molecular weight is 485 g/mol. The number of carbonyl (C=O) groups is 1. The second kappa shape index (κ2) is 11.4. The standard InChI is InChI=1S/C30H48O3Si/c1-22(14-17-28-23(2)20-27(33-24(3)31)21-30(28,7)8)26-13-11-12-25(15-16-26)18-19-32-34(9,10)29(4,5)6/h14-18,27H,11-13,19-21H2,1-10H3/b17-14+,25-18+,26-22+. The fraction of sp³-hybridized carbons (Fsp3) is 0.633. The van der Waals surface area contributed by atoms with E-state index in [1.807, 2.05) is 0 Å². The molecule has 34 heavy (non-hydrogen) atoms. The first-order valence-electron chi connectivity index (χ1n) is 12.9. The summed E-state index contributed by atoms with van der Waals surface area (Å²) >= 11 is 0. The van der Waals surface area contributed by atoms with Gasteiger partial charge in [0, 0.05) is 13.3 Å². The SMILES string of the molecule is CC(=O)OC1CC(C)=C(/C=C/C(C)=C2C=C/C(=C/CO[Si](C)(C)C(C)(C)C)CCC/2)C(C)(C)C1. The molecular formula is C30H48O3Si. The molecular weight excluding hydrogens is 436 g/mol.